The van der Waals surface area contributed by atoms with Crippen LogP contribution in [0.3, 0.4) is 0 Å². The highest BCUT2D eigenvalue weighted by atomic mass is 19.1. The monoisotopic (exact) mass is 487 g/mol. The molecule has 0 bridgehead atoms. The zero-order valence-corrected chi connectivity index (χ0v) is 19.7. The first-order valence-electron chi connectivity index (χ1n) is 11.5. The molecule has 36 heavy (non-hydrogen) atoms. The molecule has 4 heterocycles. The van der Waals surface area contributed by atoms with Crippen LogP contribution in [0.15, 0.2) is 66.3 Å². The molecule has 1 fully saturated rings. The maximum Gasteiger partial charge on any atom is 0.225 e. The molecule has 0 amide bonds. The average molecular weight is 488 g/mol. The summed E-state index contributed by atoms with van der Waals surface area (Å²) in [4.78, 5) is 20.7. The van der Waals surface area contributed by atoms with E-state index in [1.54, 1.807) is 37.6 Å². The lowest BCUT2D eigenvalue weighted by Gasteiger charge is -2.36. The van der Waals surface area contributed by atoms with E-state index in [1.165, 1.54) is 12.1 Å². The van der Waals surface area contributed by atoms with E-state index < -0.39 is 5.60 Å². The largest absolute Gasteiger partial charge is 0.381 e. The summed E-state index contributed by atoms with van der Waals surface area (Å²) in [5.41, 5.74) is 2.53. The molecule has 0 spiro atoms. The van der Waals surface area contributed by atoms with Crippen molar-refractivity contribution in [2.75, 3.05) is 31.1 Å². The quantitative estimate of drug-likeness (QED) is 0.244. The number of anilines is 1. The second-order valence-corrected chi connectivity index (χ2v) is 8.70. The van der Waals surface area contributed by atoms with E-state index >= 15 is 0 Å². The topological polar surface area (TPSA) is 133 Å². The second kappa shape index (κ2) is 9.70. The highest BCUT2D eigenvalue weighted by molar-refractivity contribution is 6.01. The highest BCUT2D eigenvalue weighted by Gasteiger charge is 2.28. The molecule has 11 heteroatoms. The van der Waals surface area contributed by atoms with Crippen molar-refractivity contribution in [3.8, 4) is 11.1 Å². The minimum absolute atomic E-state index is 0.358. The number of aliphatic hydroxyl groups is 1. The molecule has 1 saturated heterocycles. The highest BCUT2D eigenvalue weighted by Crippen LogP contribution is 2.29. The zero-order chi connectivity index (χ0) is 25.1. The molecule has 0 radical (unpaired) electrons. The number of benzene rings is 1. The standard InChI is InChI=1S/C25H26FN9O/c1-25(36,19-2-4-21(26)5-3-19)20-14-29-24(30-15-20)35-8-6-34(7-9-35)23(31-16-27)22-10-17(11-28-22)18-12-32-33-13-18/h2-5,10-16,27-28,36H,6-9H2,1H3,(H,32,33)/b27-16?,31-23+/t25-/m0/s1. The number of H-pyrrole nitrogens is 2. The van der Waals surface area contributed by atoms with Crippen molar-refractivity contribution in [3.63, 3.8) is 0 Å². The molecule has 1 aliphatic rings. The van der Waals surface area contributed by atoms with Crippen molar-refractivity contribution in [1.29, 1.82) is 5.41 Å². The van der Waals surface area contributed by atoms with Crippen molar-refractivity contribution in [2.24, 2.45) is 4.99 Å². The van der Waals surface area contributed by atoms with Crippen LogP contribution < -0.4 is 4.90 Å². The number of hydrogen-bond acceptors (Lipinski definition) is 6. The van der Waals surface area contributed by atoms with Gasteiger partial charge in [-0.1, -0.05) is 12.1 Å². The van der Waals surface area contributed by atoms with E-state index in [4.69, 9.17) is 5.41 Å². The molecule has 1 aliphatic heterocycles. The Morgan fingerprint density at radius 3 is 2.42 bits per heavy atom. The van der Waals surface area contributed by atoms with E-state index in [0.29, 0.717) is 49.1 Å². The summed E-state index contributed by atoms with van der Waals surface area (Å²) in [6, 6.07) is 7.74. The fourth-order valence-electron chi connectivity index (χ4n) is 4.28. The number of nitrogens with zero attached hydrogens (tertiary/aromatic N) is 6. The third kappa shape index (κ3) is 4.60. The smallest absolute Gasteiger partial charge is 0.225 e. The summed E-state index contributed by atoms with van der Waals surface area (Å²) < 4.78 is 13.3. The van der Waals surface area contributed by atoms with Gasteiger partial charge in [0.2, 0.25) is 5.95 Å². The Labute approximate surface area is 207 Å². The van der Waals surface area contributed by atoms with Gasteiger partial charge in [-0.05, 0) is 30.7 Å². The molecule has 4 aromatic rings. The molecule has 5 rings (SSSR count). The third-order valence-corrected chi connectivity index (χ3v) is 6.41. The fourth-order valence-corrected chi connectivity index (χ4v) is 4.28. The molecule has 1 aromatic carbocycles. The summed E-state index contributed by atoms with van der Waals surface area (Å²) in [6.07, 6.45) is 9.74. The first-order valence-corrected chi connectivity index (χ1v) is 11.5. The number of rotatable bonds is 6. The molecular formula is C25H26FN9O. The predicted octanol–water partition coefficient (Wildman–Crippen LogP) is 2.77. The number of hydrogen-bond donors (Lipinski definition) is 4. The van der Waals surface area contributed by atoms with Crippen LogP contribution in [0.1, 0.15) is 23.7 Å². The lowest BCUT2D eigenvalue weighted by molar-refractivity contribution is 0.101. The molecular weight excluding hydrogens is 461 g/mol. The number of piperazine rings is 1. The van der Waals surface area contributed by atoms with Crippen LogP contribution in [0.5, 0.6) is 0 Å². The van der Waals surface area contributed by atoms with Gasteiger partial charge < -0.3 is 19.9 Å². The molecule has 3 aromatic heterocycles. The first-order chi connectivity index (χ1) is 17.5. The second-order valence-electron chi connectivity index (χ2n) is 8.70. The molecule has 0 aliphatic carbocycles. The van der Waals surface area contributed by atoms with Gasteiger partial charge in [0.05, 0.1) is 11.9 Å². The summed E-state index contributed by atoms with van der Waals surface area (Å²) in [5.74, 6) is 0.913. The Morgan fingerprint density at radius 2 is 1.78 bits per heavy atom. The van der Waals surface area contributed by atoms with Crippen LogP contribution in [-0.4, -0.2) is 73.5 Å². The van der Waals surface area contributed by atoms with E-state index in [2.05, 4.69) is 39.9 Å². The van der Waals surface area contributed by atoms with Crippen molar-refractivity contribution < 1.29 is 9.50 Å². The van der Waals surface area contributed by atoms with Crippen LogP contribution in [0.25, 0.3) is 11.1 Å². The Morgan fingerprint density at radius 1 is 1.06 bits per heavy atom. The number of halogens is 1. The van der Waals surface area contributed by atoms with Crippen molar-refractivity contribution in [1.82, 2.24) is 30.0 Å². The number of aliphatic imine (C=N–C) groups is 1. The number of aromatic nitrogens is 5. The van der Waals surface area contributed by atoms with Gasteiger partial charge >= 0.3 is 0 Å². The van der Waals surface area contributed by atoms with Gasteiger partial charge in [-0.3, -0.25) is 10.5 Å². The summed E-state index contributed by atoms with van der Waals surface area (Å²) in [6.45, 7) is 4.32. The van der Waals surface area contributed by atoms with Crippen molar-refractivity contribution >= 4 is 18.1 Å². The maximum absolute atomic E-state index is 13.3. The van der Waals surface area contributed by atoms with Crippen LogP contribution in [0.2, 0.25) is 0 Å². The van der Waals surface area contributed by atoms with Gasteiger partial charge in [-0.15, -0.1) is 0 Å². The van der Waals surface area contributed by atoms with Gasteiger partial charge in [0.25, 0.3) is 0 Å². The van der Waals surface area contributed by atoms with Gasteiger partial charge in [0, 0.05) is 67.7 Å². The lowest BCUT2D eigenvalue weighted by atomic mass is 9.90. The number of nitrogens with one attached hydrogen (secondary N) is 3. The number of aromatic amines is 2. The van der Waals surface area contributed by atoms with E-state index in [9.17, 15) is 9.50 Å². The Bertz CT molecular complexity index is 1340. The normalized spacial score (nSPS) is 16.1. The zero-order valence-electron chi connectivity index (χ0n) is 19.7. The minimum Gasteiger partial charge on any atom is -0.381 e. The maximum atomic E-state index is 13.3. The predicted molar refractivity (Wildman–Crippen MR) is 135 cm³/mol. The SMILES string of the molecule is C[C@](O)(c1ccc(F)cc1)c1cnc(N2CCN(/C(=N/C=N)c3cc(-c4cn[nH]c4)c[nH]3)CC2)nc1. The van der Waals surface area contributed by atoms with Gasteiger partial charge in [-0.2, -0.15) is 5.10 Å². The summed E-state index contributed by atoms with van der Waals surface area (Å²) in [7, 11) is 0. The summed E-state index contributed by atoms with van der Waals surface area (Å²) >= 11 is 0. The molecule has 1 atom stereocenters. The molecule has 0 unspecified atom stereocenters. The molecule has 0 saturated carbocycles. The molecule has 10 nitrogen and oxygen atoms in total. The van der Waals surface area contributed by atoms with Crippen LogP contribution >= 0.6 is 0 Å². The third-order valence-electron chi connectivity index (χ3n) is 6.41. The Balaban J connectivity index is 1.26. The first kappa shape index (κ1) is 23.4. The van der Waals surface area contributed by atoms with Crippen LogP contribution in [0.4, 0.5) is 10.3 Å². The van der Waals surface area contributed by atoms with Gasteiger partial charge in [0.1, 0.15) is 17.8 Å². The van der Waals surface area contributed by atoms with Crippen molar-refractivity contribution in [3.05, 3.63) is 84.0 Å². The van der Waals surface area contributed by atoms with E-state index in [1.807, 2.05) is 18.5 Å². The van der Waals surface area contributed by atoms with Crippen LogP contribution in [-0.2, 0) is 5.60 Å². The van der Waals surface area contributed by atoms with E-state index in [0.717, 1.165) is 23.2 Å². The van der Waals surface area contributed by atoms with Gasteiger partial charge in [0.15, 0.2) is 5.84 Å². The minimum atomic E-state index is -1.34. The van der Waals surface area contributed by atoms with Crippen LogP contribution in [0, 0.1) is 11.2 Å². The molecule has 4 N–H and O–H groups in total. The number of amidine groups is 1. The lowest BCUT2D eigenvalue weighted by Crippen LogP contribution is -2.49. The van der Waals surface area contributed by atoms with Crippen molar-refractivity contribution in [2.45, 2.75) is 12.5 Å². The van der Waals surface area contributed by atoms with E-state index in [-0.39, 0.29) is 5.82 Å². The Kier molecular flexibility index (Phi) is 6.30. The fraction of sp³-hybridized carbons (Fsp3) is 0.240. The van der Waals surface area contributed by atoms with Gasteiger partial charge in [-0.25, -0.2) is 19.4 Å². The molecule has 184 valence electrons. The summed E-state index contributed by atoms with van der Waals surface area (Å²) in [5, 5.41) is 25.3. The average Bonchev–Trinajstić information content (AvgIpc) is 3.60. The Hall–Kier alpha value is -4.38.